The zero-order valence-electron chi connectivity index (χ0n) is 16.7. The minimum absolute atomic E-state index is 0.141. The second kappa shape index (κ2) is 6.75. The molecule has 1 aromatic heterocycles. The van der Waals surface area contributed by atoms with E-state index in [-0.39, 0.29) is 17.5 Å². The molecule has 7 heteroatoms. The topological polar surface area (TPSA) is 70.8 Å². The first-order valence-electron chi connectivity index (χ1n) is 10.3. The van der Waals surface area contributed by atoms with E-state index in [1.165, 1.54) is 30.5 Å². The largest absolute Gasteiger partial charge is 0.461 e. The molecule has 2 saturated heterocycles. The van der Waals surface area contributed by atoms with E-state index < -0.39 is 35.6 Å². The number of carbonyl (C=O) groups excluding carboxylic acids is 3. The average Bonchev–Trinajstić information content (AvgIpc) is 3.51. The lowest BCUT2D eigenvalue weighted by Crippen LogP contribution is -2.44. The SMILES string of the molecule is O=C(c1ccco1)[C@@H]1[C@@H]2C(=O)N(c3ccc(F)cc3)C(=O)[C@@H]2[C@@H]2c3ccccc3C=CN12. The summed E-state index contributed by atoms with van der Waals surface area (Å²) in [6.07, 6.45) is 5.09. The standard InChI is InChI=1S/C25H17FN2O4/c26-15-7-9-16(10-8-15)28-24(30)19-20(25(28)31)22(23(29)18-6-3-13-32-18)27-12-11-14-4-1-2-5-17(14)21(19)27/h1-13,19-22H/t19-,20+,21-,22-/m0/s1. The lowest BCUT2D eigenvalue weighted by molar-refractivity contribution is -0.123. The number of hydrogen-bond donors (Lipinski definition) is 0. The van der Waals surface area contributed by atoms with Gasteiger partial charge < -0.3 is 9.32 Å². The highest BCUT2D eigenvalue weighted by atomic mass is 19.1. The summed E-state index contributed by atoms with van der Waals surface area (Å²) in [5.74, 6) is -3.15. The van der Waals surface area contributed by atoms with Crippen LogP contribution in [0.25, 0.3) is 6.08 Å². The molecule has 2 fully saturated rings. The number of amides is 2. The summed E-state index contributed by atoms with van der Waals surface area (Å²) in [5.41, 5.74) is 2.13. The van der Waals surface area contributed by atoms with Gasteiger partial charge in [-0.2, -0.15) is 0 Å². The number of anilines is 1. The number of benzene rings is 2. The van der Waals surface area contributed by atoms with Crippen molar-refractivity contribution in [3.05, 3.63) is 95.8 Å². The van der Waals surface area contributed by atoms with Crippen LogP contribution in [0.3, 0.4) is 0 Å². The highest BCUT2D eigenvalue weighted by Crippen LogP contribution is 2.53. The maximum absolute atomic E-state index is 13.6. The Labute approximate surface area is 182 Å². The number of fused-ring (bicyclic) bond motifs is 5. The lowest BCUT2D eigenvalue weighted by Gasteiger charge is -2.35. The molecular formula is C25H17FN2O4. The summed E-state index contributed by atoms with van der Waals surface area (Å²) < 4.78 is 18.8. The van der Waals surface area contributed by atoms with Crippen molar-refractivity contribution in [3.63, 3.8) is 0 Å². The van der Waals surface area contributed by atoms with Gasteiger partial charge in [-0.3, -0.25) is 14.4 Å². The fourth-order valence-corrected chi connectivity index (χ4v) is 5.27. The van der Waals surface area contributed by atoms with Gasteiger partial charge in [0, 0.05) is 6.20 Å². The Morgan fingerprint density at radius 3 is 2.41 bits per heavy atom. The number of ketones is 1. The molecule has 0 bridgehead atoms. The molecule has 0 N–H and O–H groups in total. The maximum atomic E-state index is 13.6. The van der Waals surface area contributed by atoms with Gasteiger partial charge in [-0.05, 0) is 53.6 Å². The molecule has 3 aromatic rings. The van der Waals surface area contributed by atoms with Crippen LogP contribution >= 0.6 is 0 Å². The normalized spacial score (nSPS) is 25.7. The highest BCUT2D eigenvalue weighted by molar-refractivity contribution is 6.24. The Morgan fingerprint density at radius 2 is 1.66 bits per heavy atom. The minimum Gasteiger partial charge on any atom is -0.461 e. The first-order valence-corrected chi connectivity index (χ1v) is 10.3. The van der Waals surface area contributed by atoms with Gasteiger partial charge in [-0.25, -0.2) is 9.29 Å². The number of furan rings is 1. The lowest BCUT2D eigenvalue weighted by atomic mass is 9.84. The first-order chi connectivity index (χ1) is 15.6. The van der Waals surface area contributed by atoms with E-state index >= 15 is 0 Å². The van der Waals surface area contributed by atoms with Crippen LogP contribution < -0.4 is 4.90 Å². The van der Waals surface area contributed by atoms with Crippen molar-refractivity contribution in [1.82, 2.24) is 4.90 Å². The molecule has 3 aliphatic rings. The summed E-state index contributed by atoms with van der Waals surface area (Å²) in [4.78, 5) is 43.6. The summed E-state index contributed by atoms with van der Waals surface area (Å²) in [7, 11) is 0. The molecule has 3 aliphatic heterocycles. The number of hydrogen-bond acceptors (Lipinski definition) is 5. The van der Waals surface area contributed by atoms with Crippen LogP contribution in [0.1, 0.15) is 27.7 Å². The van der Waals surface area contributed by atoms with Crippen LogP contribution in [0.4, 0.5) is 10.1 Å². The molecule has 4 heterocycles. The molecule has 0 spiro atoms. The maximum Gasteiger partial charge on any atom is 0.240 e. The van der Waals surface area contributed by atoms with E-state index in [1.807, 2.05) is 35.2 Å². The van der Waals surface area contributed by atoms with E-state index in [2.05, 4.69) is 0 Å². The van der Waals surface area contributed by atoms with Crippen LogP contribution in [0, 0.1) is 17.7 Å². The van der Waals surface area contributed by atoms with Crippen molar-refractivity contribution in [3.8, 4) is 0 Å². The first kappa shape index (κ1) is 18.7. The molecule has 4 atom stereocenters. The Kier molecular flexibility index (Phi) is 3.95. The van der Waals surface area contributed by atoms with Crippen molar-refractivity contribution >= 4 is 29.4 Å². The van der Waals surface area contributed by atoms with Gasteiger partial charge in [0.2, 0.25) is 17.6 Å². The molecule has 0 saturated carbocycles. The van der Waals surface area contributed by atoms with E-state index in [1.54, 1.807) is 18.3 Å². The van der Waals surface area contributed by atoms with Crippen LogP contribution in [0.2, 0.25) is 0 Å². The molecule has 0 aliphatic carbocycles. The Balaban J connectivity index is 1.50. The third-order valence-corrected chi connectivity index (χ3v) is 6.58. The summed E-state index contributed by atoms with van der Waals surface area (Å²) in [6, 6.07) is 14.7. The van der Waals surface area contributed by atoms with Gasteiger partial charge in [-0.15, -0.1) is 0 Å². The Bertz CT molecular complexity index is 1280. The number of nitrogens with zero attached hydrogens (tertiary/aromatic N) is 2. The second-order valence-electron chi connectivity index (χ2n) is 8.16. The van der Waals surface area contributed by atoms with E-state index in [0.29, 0.717) is 5.69 Å². The molecule has 2 amide bonds. The van der Waals surface area contributed by atoms with Gasteiger partial charge in [0.1, 0.15) is 11.9 Å². The average molecular weight is 428 g/mol. The predicted molar refractivity (Wildman–Crippen MR) is 113 cm³/mol. The smallest absolute Gasteiger partial charge is 0.240 e. The number of Topliss-reactive ketones (excluding diaryl/α,β-unsaturated/α-hetero) is 1. The molecule has 2 aromatic carbocycles. The Hall–Kier alpha value is -4.00. The van der Waals surface area contributed by atoms with Crippen molar-refractivity contribution in [2.24, 2.45) is 11.8 Å². The monoisotopic (exact) mass is 428 g/mol. The molecule has 158 valence electrons. The molecule has 32 heavy (non-hydrogen) atoms. The zero-order chi connectivity index (χ0) is 22.0. The van der Waals surface area contributed by atoms with E-state index in [9.17, 15) is 18.8 Å². The number of halogens is 1. The van der Waals surface area contributed by atoms with Gasteiger partial charge in [-0.1, -0.05) is 24.3 Å². The van der Waals surface area contributed by atoms with Gasteiger partial charge in [0.05, 0.1) is 29.8 Å². The molecule has 6 rings (SSSR count). The summed E-state index contributed by atoms with van der Waals surface area (Å²) in [5, 5.41) is 0. The highest BCUT2D eigenvalue weighted by Gasteiger charge is 2.64. The van der Waals surface area contributed by atoms with Crippen LogP contribution in [-0.4, -0.2) is 28.5 Å². The number of rotatable bonds is 3. The van der Waals surface area contributed by atoms with Crippen molar-refractivity contribution < 1.29 is 23.2 Å². The Morgan fingerprint density at radius 1 is 0.906 bits per heavy atom. The van der Waals surface area contributed by atoms with Crippen molar-refractivity contribution in [2.45, 2.75) is 12.1 Å². The zero-order valence-corrected chi connectivity index (χ0v) is 16.7. The number of imide groups is 1. The predicted octanol–water partition coefficient (Wildman–Crippen LogP) is 3.82. The van der Waals surface area contributed by atoms with Crippen LogP contribution in [0.15, 0.2) is 77.5 Å². The van der Waals surface area contributed by atoms with E-state index in [4.69, 9.17) is 4.42 Å². The van der Waals surface area contributed by atoms with E-state index in [0.717, 1.165) is 16.0 Å². The van der Waals surface area contributed by atoms with Crippen molar-refractivity contribution in [2.75, 3.05) is 4.90 Å². The fourth-order valence-electron chi connectivity index (χ4n) is 5.27. The fraction of sp³-hybridized carbons (Fsp3) is 0.160. The quantitative estimate of drug-likeness (QED) is 0.469. The second-order valence-corrected chi connectivity index (χ2v) is 8.16. The van der Waals surface area contributed by atoms with Crippen LogP contribution in [0.5, 0.6) is 0 Å². The van der Waals surface area contributed by atoms with Gasteiger partial charge in [0.25, 0.3) is 0 Å². The minimum atomic E-state index is -0.886. The van der Waals surface area contributed by atoms with Crippen molar-refractivity contribution in [1.29, 1.82) is 0 Å². The molecular weight excluding hydrogens is 411 g/mol. The third-order valence-electron chi connectivity index (χ3n) is 6.58. The number of carbonyl (C=O) groups is 3. The van der Waals surface area contributed by atoms with Gasteiger partial charge in [0.15, 0.2) is 5.76 Å². The third kappa shape index (κ3) is 2.48. The molecule has 6 nitrogen and oxygen atoms in total. The summed E-state index contributed by atoms with van der Waals surface area (Å²) >= 11 is 0. The summed E-state index contributed by atoms with van der Waals surface area (Å²) in [6.45, 7) is 0. The molecule has 0 unspecified atom stereocenters. The molecule has 0 radical (unpaired) electrons. The van der Waals surface area contributed by atoms with Gasteiger partial charge >= 0.3 is 0 Å². The van der Waals surface area contributed by atoms with Crippen LogP contribution in [-0.2, 0) is 9.59 Å².